The Morgan fingerprint density at radius 2 is 1.96 bits per heavy atom. The number of hydrogen-bond acceptors (Lipinski definition) is 5. The molecule has 1 amide bonds. The Bertz CT molecular complexity index is 1040. The van der Waals surface area contributed by atoms with Gasteiger partial charge >= 0.3 is 0 Å². The molecular formula is C20H17F2N5O. The van der Waals surface area contributed by atoms with E-state index in [1.807, 2.05) is 0 Å². The fourth-order valence-corrected chi connectivity index (χ4v) is 3.52. The number of fused-ring (bicyclic) bond motifs is 1. The van der Waals surface area contributed by atoms with Crippen molar-refractivity contribution in [2.24, 2.45) is 5.73 Å². The van der Waals surface area contributed by atoms with E-state index in [1.54, 1.807) is 24.7 Å². The second kappa shape index (κ2) is 7.30. The molecule has 1 unspecified atom stereocenters. The molecule has 3 aromatic rings. The third-order valence-electron chi connectivity index (χ3n) is 4.81. The summed E-state index contributed by atoms with van der Waals surface area (Å²) in [6.45, 7) is 0. The molecule has 4 rings (SSSR count). The second-order valence-electron chi connectivity index (χ2n) is 6.62. The number of primary amides is 1. The molecule has 1 aliphatic rings. The highest BCUT2D eigenvalue weighted by molar-refractivity contribution is 5.98. The number of amides is 1. The Labute approximate surface area is 159 Å². The van der Waals surface area contributed by atoms with Crippen LogP contribution in [0.2, 0.25) is 0 Å². The van der Waals surface area contributed by atoms with E-state index in [2.05, 4.69) is 20.3 Å². The van der Waals surface area contributed by atoms with E-state index in [0.717, 1.165) is 12.1 Å². The maximum absolute atomic E-state index is 14.3. The lowest BCUT2D eigenvalue weighted by Crippen LogP contribution is -2.18. The maximum Gasteiger partial charge on any atom is 0.252 e. The monoisotopic (exact) mass is 381 g/mol. The largest absolute Gasteiger partial charge is 0.377 e. The van der Waals surface area contributed by atoms with Crippen molar-refractivity contribution in [1.82, 2.24) is 15.0 Å². The zero-order valence-electron chi connectivity index (χ0n) is 14.8. The summed E-state index contributed by atoms with van der Waals surface area (Å²) >= 11 is 0. The lowest BCUT2D eigenvalue weighted by atomic mass is 10.1. The summed E-state index contributed by atoms with van der Waals surface area (Å²) in [6.07, 6.45) is 7.50. The van der Waals surface area contributed by atoms with Crippen LogP contribution in [-0.2, 0) is 12.8 Å². The molecule has 1 aliphatic carbocycles. The molecule has 1 atom stereocenters. The topological polar surface area (TPSA) is 93.8 Å². The Kier molecular flexibility index (Phi) is 4.68. The minimum absolute atomic E-state index is 0.188. The Morgan fingerprint density at radius 3 is 2.71 bits per heavy atom. The Morgan fingerprint density at radius 1 is 1.14 bits per heavy atom. The van der Waals surface area contributed by atoms with Crippen LogP contribution in [0.25, 0.3) is 0 Å². The minimum Gasteiger partial charge on any atom is -0.377 e. The fourth-order valence-electron chi connectivity index (χ4n) is 3.52. The van der Waals surface area contributed by atoms with Gasteiger partial charge in [0.05, 0.1) is 23.0 Å². The van der Waals surface area contributed by atoms with Crippen LogP contribution in [0.3, 0.4) is 0 Å². The van der Waals surface area contributed by atoms with Gasteiger partial charge in [0.25, 0.3) is 5.91 Å². The molecule has 3 N–H and O–H groups in total. The number of halogens is 2. The fraction of sp³-hybridized carbons (Fsp3) is 0.200. The summed E-state index contributed by atoms with van der Waals surface area (Å²) in [5.41, 5.74) is 8.11. The lowest BCUT2D eigenvalue weighted by molar-refractivity contribution is 0.100. The number of nitrogens with two attached hydrogens (primary N) is 1. The third-order valence-corrected chi connectivity index (χ3v) is 4.81. The van der Waals surface area contributed by atoms with Gasteiger partial charge in [-0.05, 0) is 36.6 Å². The molecule has 0 saturated carbocycles. The van der Waals surface area contributed by atoms with Gasteiger partial charge in [0.15, 0.2) is 0 Å². The van der Waals surface area contributed by atoms with Crippen LogP contribution in [0.5, 0.6) is 0 Å². The standard InChI is InChI=1S/C20H17F2N5O/c21-15-2-3-16(22)19-13(15)1-4-17(19)27-18-8-11(26-10-14(18)20(23)28)7-12-9-24-5-6-25-12/h2-3,5-6,8-10,17H,1,4,7H2,(H2,23,28)(H,26,27). The van der Waals surface area contributed by atoms with Gasteiger partial charge < -0.3 is 11.1 Å². The quantitative estimate of drug-likeness (QED) is 0.709. The third kappa shape index (κ3) is 3.40. The lowest BCUT2D eigenvalue weighted by Gasteiger charge is -2.18. The number of carbonyl (C=O) groups is 1. The average molecular weight is 381 g/mol. The highest BCUT2D eigenvalue weighted by atomic mass is 19.1. The summed E-state index contributed by atoms with van der Waals surface area (Å²) in [7, 11) is 0. The van der Waals surface area contributed by atoms with Crippen LogP contribution in [0.1, 0.15) is 45.3 Å². The first-order valence-electron chi connectivity index (χ1n) is 8.80. The molecule has 2 heterocycles. The van der Waals surface area contributed by atoms with Crippen LogP contribution in [0, 0.1) is 11.6 Å². The predicted molar refractivity (Wildman–Crippen MR) is 98.6 cm³/mol. The molecule has 6 nitrogen and oxygen atoms in total. The molecule has 0 spiro atoms. The first kappa shape index (κ1) is 18.0. The highest BCUT2D eigenvalue weighted by Crippen LogP contribution is 2.37. The first-order chi connectivity index (χ1) is 13.5. The van der Waals surface area contributed by atoms with Crippen LogP contribution in [-0.4, -0.2) is 20.9 Å². The molecule has 0 fully saturated rings. The summed E-state index contributed by atoms with van der Waals surface area (Å²) in [6, 6.07) is 3.48. The van der Waals surface area contributed by atoms with E-state index >= 15 is 0 Å². The molecule has 0 saturated heterocycles. The van der Waals surface area contributed by atoms with Crippen LogP contribution >= 0.6 is 0 Å². The number of nitrogens with zero attached hydrogens (tertiary/aromatic N) is 3. The van der Waals surface area contributed by atoms with Crippen molar-refractivity contribution in [2.45, 2.75) is 25.3 Å². The van der Waals surface area contributed by atoms with Crippen LogP contribution in [0.15, 0.2) is 43.0 Å². The first-order valence-corrected chi connectivity index (χ1v) is 8.80. The molecular weight excluding hydrogens is 364 g/mol. The number of rotatable bonds is 5. The van der Waals surface area contributed by atoms with Gasteiger partial charge in [-0.2, -0.15) is 0 Å². The normalized spacial score (nSPS) is 15.3. The molecule has 0 aliphatic heterocycles. The van der Waals surface area contributed by atoms with E-state index in [0.29, 0.717) is 47.5 Å². The van der Waals surface area contributed by atoms with Crippen molar-refractivity contribution in [3.05, 3.63) is 82.7 Å². The van der Waals surface area contributed by atoms with Crippen molar-refractivity contribution >= 4 is 11.6 Å². The Balaban J connectivity index is 1.67. The van der Waals surface area contributed by atoms with Gasteiger partial charge in [-0.15, -0.1) is 0 Å². The molecule has 0 radical (unpaired) electrons. The summed E-state index contributed by atoms with van der Waals surface area (Å²) in [5.74, 6) is -1.55. The van der Waals surface area contributed by atoms with Crippen molar-refractivity contribution in [3.8, 4) is 0 Å². The van der Waals surface area contributed by atoms with E-state index in [4.69, 9.17) is 5.73 Å². The zero-order chi connectivity index (χ0) is 19.7. The molecule has 0 bridgehead atoms. The predicted octanol–water partition coefficient (Wildman–Crippen LogP) is 2.94. The van der Waals surface area contributed by atoms with E-state index in [-0.39, 0.29) is 5.56 Å². The molecule has 28 heavy (non-hydrogen) atoms. The zero-order valence-corrected chi connectivity index (χ0v) is 14.8. The average Bonchev–Trinajstić information content (AvgIpc) is 3.11. The second-order valence-corrected chi connectivity index (χ2v) is 6.62. The molecule has 142 valence electrons. The van der Waals surface area contributed by atoms with Crippen molar-refractivity contribution in [2.75, 3.05) is 5.32 Å². The minimum atomic E-state index is -0.654. The van der Waals surface area contributed by atoms with Crippen molar-refractivity contribution in [1.29, 1.82) is 0 Å². The van der Waals surface area contributed by atoms with E-state index in [1.165, 1.54) is 6.20 Å². The molecule has 1 aromatic carbocycles. The number of anilines is 1. The van der Waals surface area contributed by atoms with Gasteiger partial charge in [0.1, 0.15) is 11.6 Å². The Hall–Kier alpha value is -3.42. The van der Waals surface area contributed by atoms with Crippen LogP contribution < -0.4 is 11.1 Å². The number of pyridine rings is 1. The maximum atomic E-state index is 14.3. The molecule has 8 heteroatoms. The number of nitrogens with one attached hydrogen (secondary N) is 1. The van der Waals surface area contributed by atoms with Crippen molar-refractivity contribution < 1.29 is 13.6 Å². The summed E-state index contributed by atoms with van der Waals surface area (Å²) < 4.78 is 28.3. The summed E-state index contributed by atoms with van der Waals surface area (Å²) in [5, 5.41) is 3.16. The van der Waals surface area contributed by atoms with Gasteiger partial charge in [0, 0.05) is 42.5 Å². The van der Waals surface area contributed by atoms with Gasteiger partial charge in [-0.3, -0.25) is 19.7 Å². The van der Waals surface area contributed by atoms with Crippen molar-refractivity contribution in [3.63, 3.8) is 0 Å². The number of benzene rings is 1. The van der Waals surface area contributed by atoms with Gasteiger partial charge in [0.2, 0.25) is 0 Å². The smallest absolute Gasteiger partial charge is 0.252 e. The van der Waals surface area contributed by atoms with E-state index < -0.39 is 23.6 Å². The van der Waals surface area contributed by atoms with Gasteiger partial charge in [-0.25, -0.2) is 8.78 Å². The number of carbonyl (C=O) groups excluding carboxylic acids is 1. The van der Waals surface area contributed by atoms with Gasteiger partial charge in [-0.1, -0.05) is 0 Å². The molecule has 2 aromatic heterocycles. The SMILES string of the molecule is NC(=O)c1cnc(Cc2cnccn2)cc1NC1CCc2c(F)ccc(F)c21. The summed E-state index contributed by atoms with van der Waals surface area (Å²) in [4.78, 5) is 24.3. The number of aromatic nitrogens is 3. The van der Waals surface area contributed by atoms with E-state index in [9.17, 15) is 13.6 Å². The number of hydrogen-bond donors (Lipinski definition) is 2. The highest BCUT2D eigenvalue weighted by Gasteiger charge is 2.29. The van der Waals surface area contributed by atoms with Crippen LogP contribution in [0.4, 0.5) is 14.5 Å².